The first-order valence-corrected chi connectivity index (χ1v) is 13.5. The maximum Gasteiger partial charge on any atom is 0.285 e. The molecule has 2 aromatic heterocycles. The number of anilines is 1. The number of ether oxygens (including phenoxy) is 1. The summed E-state index contributed by atoms with van der Waals surface area (Å²) in [6.45, 7) is 7.97. The van der Waals surface area contributed by atoms with E-state index < -0.39 is 25.3 Å². The number of morpholine rings is 1. The molecule has 3 aromatic rings. The third kappa shape index (κ3) is 3.60. The van der Waals surface area contributed by atoms with Gasteiger partial charge in [-0.2, -0.15) is 12.5 Å². The Kier molecular flexibility index (Phi) is 5.81. The average molecular weight is 501 g/mol. The van der Waals surface area contributed by atoms with Gasteiger partial charge < -0.3 is 9.64 Å². The largest absolute Gasteiger partial charge is 0.377 e. The summed E-state index contributed by atoms with van der Waals surface area (Å²) < 4.78 is 59.4. The lowest BCUT2D eigenvalue weighted by molar-refractivity contribution is 0.0753. The monoisotopic (exact) mass is 500 g/mol. The van der Waals surface area contributed by atoms with Crippen LogP contribution in [-0.2, 0) is 24.8 Å². The average Bonchev–Trinajstić information content (AvgIpc) is 3.35. The van der Waals surface area contributed by atoms with Crippen LogP contribution in [0.2, 0.25) is 5.02 Å². The van der Waals surface area contributed by atoms with Gasteiger partial charge in [-0.3, -0.25) is 3.97 Å². The normalized spacial score (nSPS) is 20.4. The predicted molar refractivity (Wildman–Crippen MR) is 123 cm³/mol. The number of hydrogen-bond donors (Lipinski definition) is 0. The van der Waals surface area contributed by atoms with E-state index in [-0.39, 0.29) is 17.0 Å². The molecule has 1 aliphatic heterocycles. The topological polar surface area (TPSA) is 104 Å². The number of halogens is 1. The molecule has 174 valence electrons. The molecule has 3 heterocycles. The summed E-state index contributed by atoms with van der Waals surface area (Å²) in [5, 5.41) is 4.68. The zero-order valence-corrected chi connectivity index (χ0v) is 20.5. The van der Waals surface area contributed by atoms with Gasteiger partial charge in [-0.15, -0.1) is 5.10 Å². The van der Waals surface area contributed by atoms with Gasteiger partial charge in [0, 0.05) is 12.4 Å². The highest BCUT2D eigenvalue weighted by atomic mass is 35.5. The fourth-order valence-electron chi connectivity index (χ4n) is 3.88. The zero-order chi connectivity index (χ0) is 23.4. The summed E-state index contributed by atoms with van der Waals surface area (Å²) in [5.74, 6) is 0.451. The van der Waals surface area contributed by atoms with Gasteiger partial charge >= 0.3 is 0 Å². The first kappa shape index (κ1) is 23.1. The van der Waals surface area contributed by atoms with Crippen LogP contribution in [0, 0.1) is 0 Å². The van der Waals surface area contributed by atoms with Crippen molar-refractivity contribution < 1.29 is 21.6 Å². The molecular formula is C20H25ClN4O5S2. The van der Waals surface area contributed by atoms with Gasteiger partial charge in [0.25, 0.3) is 10.0 Å². The van der Waals surface area contributed by atoms with Crippen molar-refractivity contribution >= 4 is 48.4 Å². The fourth-order valence-corrected chi connectivity index (χ4v) is 6.46. The maximum absolute atomic E-state index is 13.5. The summed E-state index contributed by atoms with van der Waals surface area (Å²) in [6, 6.07) is 6.15. The van der Waals surface area contributed by atoms with Crippen molar-refractivity contribution in [2.24, 2.45) is 0 Å². The van der Waals surface area contributed by atoms with Gasteiger partial charge in [0.1, 0.15) is 4.90 Å². The Bertz CT molecular complexity index is 1370. The SMILES string of the molecule is CC1COCC(C)N1c1nn(S(=O)(=O)c2ccn(S(=O)(=O)C(C)C)c2)c2cccc(Cl)c12. The fraction of sp³-hybridized carbons (Fsp3) is 0.450. The molecule has 0 spiro atoms. The van der Waals surface area contributed by atoms with Crippen LogP contribution in [0.25, 0.3) is 10.9 Å². The van der Waals surface area contributed by atoms with Crippen molar-refractivity contribution in [2.75, 3.05) is 18.1 Å². The standard InChI is InChI=1S/C20H25ClN4O5S2/c1-13(2)31(26,27)23-9-8-16(10-23)32(28,29)25-18-7-5-6-17(21)19(18)20(22-25)24-14(3)11-30-12-15(24)4/h5-10,13-15H,11-12H2,1-4H3. The Balaban J connectivity index is 1.91. The van der Waals surface area contributed by atoms with E-state index in [1.165, 1.54) is 26.1 Å². The molecule has 4 rings (SSSR count). The Labute approximate surface area is 192 Å². The molecule has 9 nitrogen and oxygen atoms in total. The molecule has 0 N–H and O–H groups in total. The maximum atomic E-state index is 13.5. The van der Waals surface area contributed by atoms with Crippen molar-refractivity contribution in [3.05, 3.63) is 41.7 Å². The van der Waals surface area contributed by atoms with Gasteiger partial charge in [-0.1, -0.05) is 17.7 Å². The Morgan fingerprint density at radius 2 is 1.75 bits per heavy atom. The lowest BCUT2D eigenvalue weighted by Gasteiger charge is -2.39. The molecule has 2 atom stereocenters. The van der Waals surface area contributed by atoms with Gasteiger partial charge in [-0.25, -0.2) is 8.42 Å². The summed E-state index contributed by atoms with van der Waals surface area (Å²) in [6.07, 6.45) is 2.33. The van der Waals surface area contributed by atoms with Crippen LogP contribution in [0.15, 0.2) is 41.6 Å². The van der Waals surface area contributed by atoms with Crippen LogP contribution in [0.3, 0.4) is 0 Å². The van der Waals surface area contributed by atoms with Crippen molar-refractivity contribution in [1.82, 2.24) is 13.2 Å². The highest BCUT2D eigenvalue weighted by Gasteiger charge is 2.33. The van der Waals surface area contributed by atoms with Gasteiger partial charge in [0.2, 0.25) is 10.0 Å². The Morgan fingerprint density at radius 1 is 1.09 bits per heavy atom. The van der Waals surface area contributed by atoms with Crippen LogP contribution in [0.5, 0.6) is 0 Å². The van der Waals surface area contributed by atoms with Crippen LogP contribution < -0.4 is 4.90 Å². The van der Waals surface area contributed by atoms with E-state index in [4.69, 9.17) is 16.3 Å². The van der Waals surface area contributed by atoms with E-state index in [1.54, 1.807) is 18.2 Å². The molecule has 0 bridgehead atoms. The molecule has 1 saturated heterocycles. The third-order valence-electron chi connectivity index (χ3n) is 5.57. The van der Waals surface area contributed by atoms with E-state index in [1.807, 2.05) is 18.7 Å². The summed E-state index contributed by atoms with van der Waals surface area (Å²) >= 11 is 6.50. The second kappa shape index (κ2) is 8.05. The van der Waals surface area contributed by atoms with Crippen molar-refractivity contribution in [1.29, 1.82) is 0 Å². The minimum absolute atomic E-state index is 0.0402. The molecule has 1 aromatic carbocycles. The highest BCUT2D eigenvalue weighted by Crippen LogP contribution is 2.37. The highest BCUT2D eigenvalue weighted by molar-refractivity contribution is 7.91. The van der Waals surface area contributed by atoms with Crippen molar-refractivity contribution in [3.63, 3.8) is 0 Å². The number of aromatic nitrogens is 3. The molecule has 32 heavy (non-hydrogen) atoms. The Morgan fingerprint density at radius 3 is 2.38 bits per heavy atom. The third-order valence-corrected chi connectivity index (χ3v) is 9.47. The molecule has 2 unspecified atom stereocenters. The zero-order valence-electron chi connectivity index (χ0n) is 18.1. The second-order valence-corrected chi connectivity index (χ2v) is 12.8. The molecular weight excluding hydrogens is 476 g/mol. The number of rotatable bonds is 5. The first-order chi connectivity index (χ1) is 15.0. The van der Waals surface area contributed by atoms with Gasteiger partial charge in [-0.05, 0) is 45.9 Å². The molecule has 0 radical (unpaired) electrons. The van der Waals surface area contributed by atoms with Crippen molar-refractivity contribution in [2.45, 2.75) is 49.9 Å². The van der Waals surface area contributed by atoms with E-state index in [0.717, 1.165) is 14.3 Å². The first-order valence-electron chi connectivity index (χ1n) is 10.2. The number of fused-ring (bicyclic) bond motifs is 1. The quantitative estimate of drug-likeness (QED) is 0.530. The van der Waals surface area contributed by atoms with Crippen molar-refractivity contribution in [3.8, 4) is 0 Å². The van der Waals surface area contributed by atoms with Gasteiger partial charge in [0.15, 0.2) is 5.82 Å². The molecule has 0 aliphatic carbocycles. The summed E-state index contributed by atoms with van der Waals surface area (Å²) in [5.41, 5.74) is 0.317. The number of benzene rings is 1. The lowest BCUT2D eigenvalue weighted by atomic mass is 10.1. The summed E-state index contributed by atoms with van der Waals surface area (Å²) in [7, 11) is -7.89. The van der Waals surface area contributed by atoms with Crippen LogP contribution in [0.4, 0.5) is 5.82 Å². The minimum atomic E-state index is -4.20. The molecule has 1 fully saturated rings. The predicted octanol–water partition coefficient (Wildman–Crippen LogP) is 2.93. The smallest absolute Gasteiger partial charge is 0.285 e. The van der Waals surface area contributed by atoms with E-state index in [2.05, 4.69) is 5.10 Å². The Hall–Kier alpha value is -2.08. The van der Waals surface area contributed by atoms with Crippen LogP contribution >= 0.6 is 11.6 Å². The molecule has 12 heteroatoms. The van der Waals surface area contributed by atoms with E-state index >= 15 is 0 Å². The van der Waals surface area contributed by atoms with E-state index in [9.17, 15) is 16.8 Å². The molecule has 0 amide bonds. The number of hydrogen-bond acceptors (Lipinski definition) is 7. The summed E-state index contributed by atoms with van der Waals surface area (Å²) in [4.78, 5) is 1.83. The minimum Gasteiger partial charge on any atom is -0.377 e. The number of nitrogens with zero attached hydrogens (tertiary/aromatic N) is 4. The van der Waals surface area contributed by atoms with Crippen LogP contribution in [0.1, 0.15) is 27.7 Å². The van der Waals surface area contributed by atoms with Crippen LogP contribution in [-0.4, -0.2) is 60.5 Å². The van der Waals surface area contributed by atoms with Gasteiger partial charge in [0.05, 0.1) is 46.5 Å². The molecule has 1 aliphatic rings. The van der Waals surface area contributed by atoms with E-state index in [0.29, 0.717) is 35.0 Å². The molecule has 0 saturated carbocycles. The lowest BCUT2D eigenvalue weighted by Crippen LogP contribution is -2.50. The second-order valence-electron chi connectivity index (χ2n) is 8.22.